The summed E-state index contributed by atoms with van der Waals surface area (Å²) in [5, 5.41) is 15.2. The molecule has 0 atom stereocenters. The van der Waals surface area contributed by atoms with Crippen LogP contribution in [0.25, 0.3) is 22.0 Å². The second kappa shape index (κ2) is 9.43. The largest absolute Gasteiger partial charge is 0.353 e. The van der Waals surface area contributed by atoms with Crippen molar-refractivity contribution in [3.8, 4) is 17.2 Å². The van der Waals surface area contributed by atoms with Crippen LogP contribution in [0, 0.1) is 17.1 Å². The van der Waals surface area contributed by atoms with Crippen LogP contribution in [0.3, 0.4) is 0 Å². The summed E-state index contributed by atoms with van der Waals surface area (Å²) in [6, 6.07) is 22.2. The van der Waals surface area contributed by atoms with Gasteiger partial charge in [-0.25, -0.2) is 9.07 Å². The van der Waals surface area contributed by atoms with E-state index in [1.54, 1.807) is 17.0 Å². The number of aromatic nitrogens is 2. The number of hydrogen-bond donors (Lipinski definition) is 0. The van der Waals surface area contributed by atoms with E-state index in [0.29, 0.717) is 38.3 Å². The molecule has 0 aliphatic carbocycles. The third-order valence-corrected chi connectivity index (χ3v) is 6.32. The molecule has 0 spiro atoms. The molecule has 0 bridgehead atoms. The van der Waals surface area contributed by atoms with Gasteiger partial charge in [-0.15, -0.1) is 0 Å². The predicted octanol–water partition coefficient (Wildman–Crippen LogP) is 4.60. The number of nitrogens with zero attached hydrogens (tertiary/aromatic N) is 5. The summed E-state index contributed by atoms with van der Waals surface area (Å²) >= 11 is 0. The van der Waals surface area contributed by atoms with Crippen LogP contribution in [0.15, 0.2) is 79.4 Å². The van der Waals surface area contributed by atoms with Crippen molar-refractivity contribution in [3.05, 3.63) is 96.3 Å². The number of halogens is 1. The Morgan fingerprint density at radius 1 is 1.03 bits per heavy atom. The van der Waals surface area contributed by atoms with E-state index < -0.39 is 0 Å². The molecule has 1 fully saturated rings. The van der Waals surface area contributed by atoms with Crippen LogP contribution >= 0.6 is 0 Å². The van der Waals surface area contributed by atoms with E-state index in [1.807, 2.05) is 47.1 Å². The lowest BCUT2D eigenvalue weighted by Gasteiger charge is -2.35. The van der Waals surface area contributed by atoms with Gasteiger partial charge in [0.15, 0.2) is 0 Å². The van der Waals surface area contributed by atoms with Crippen molar-refractivity contribution in [2.75, 3.05) is 31.1 Å². The Hall–Kier alpha value is -4.44. The highest BCUT2D eigenvalue weighted by atomic mass is 19.1. The Kier molecular flexibility index (Phi) is 6.02. The Morgan fingerprint density at radius 3 is 2.54 bits per heavy atom. The van der Waals surface area contributed by atoms with E-state index in [2.05, 4.69) is 17.5 Å². The van der Waals surface area contributed by atoms with E-state index in [0.717, 1.165) is 33.4 Å². The highest BCUT2D eigenvalue weighted by Crippen LogP contribution is 2.32. The number of fused-ring (bicyclic) bond motifs is 1. The molecule has 0 radical (unpaired) electrons. The van der Waals surface area contributed by atoms with Crippen molar-refractivity contribution in [2.24, 2.45) is 0 Å². The highest BCUT2D eigenvalue weighted by molar-refractivity contribution is 5.94. The fourth-order valence-corrected chi connectivity index (χ4v) is 4.59. The van der Waals surface area contributed by atoms with E-state index in [1.165, 1.54) is 18.2 Å². The first-order valence-corrected chi connectivity index (χ1v) is 11.5. The molecule has 174 valence electrons. The van der Waals surface area contributed by atoms with E-state index in [-0.39, 0.29) is 11.7 Å². The minimum atomic E-state index is -0.280. The SMILES string of the molecule is C=CC(=O)N1CCN(c2c3ccc(-c4cccc(F)c4)cc3nn2Cc2cccc(C#N)c2)CC1. The van der Waals surface area contributed by atoms with Gasteiger partial charge in [0.05, 0.1) is 23.7 Å². The van der Waals surface area contributed by atoms with Crippen molar-refractivity contribution < 1.29 is 9.18 Å². The van der Waals surface area contributed by atoms with Crippen LogP contribution < -0.4 is 4.90 Å². The Balaban J connectivity index is 1.55. The van der Waals surface area contributed by atoms with Crippen molar-refractivity contribution >= 4 is 22.6 Å². The molecule has 4 aromatic rings. The Labute approximate surface area is 203 Å². The van der Waals surface area contributed by atoms with Gasteiger partial charge >= 0.3 is 0 Å². The van der Waals surface area contributed by atoms with Crippen LogP contribution in [0.2, 0.25) is 0 Å². The van der Waals surface area contributed by atoms with Crippen molar-refractivity contribution in [3.63, 3.8) is 0 Å². The van der Waals surface area contributed by atoms with Crippen LogP contribution in [0.5, 0.6) is 0 Å². The molecule has 1 aliphatic rings. The first-order chi connectivity index (χ1) is 17.1. The van der Waals surface area contributed by atoms with Gasteiger partial charge in [-0.1, -0.05) is 36.9 Å². The van der Waals surface area contributed by atoms with Crippen LogP contribution in [0.1, 0.15) is 11.1 Å². The van der Waals surface area contributed by atoms with Crippen molar-refractivity contribution in [2.45, 2.75) is 6.54 Å². The monoisotopic (exact) mass is 465 g/mol. The number of rotatable bonds is 5. The Bertz CT molecular complexity index is 1460. The summed E-state index contributed by atoms with van der Waals surface area (Å²) < 4.78 is 15.8. The molecule has 6 nitrogen and oxygen atoms in total. The molecule has 35 heavy (non-hydrogen) atoms. The zero-order valence-electron chi connectivity index (χ0n) is 19.2. The zero-order valence-corrected chi connectivity index (χ0v) is 19.2. The van der Waals surface area contributed by atoms with Gasteiger partial charge in [0.25, 0.3) is 0 Å². The molecule has 7 heteroatoms. The molecular weight excluding hydrogens is 441 g/mol. The Morgan fingerprint density at radius 2 is 1.80 bits per heavy atom. The summed E-state index contributed by atoms with van der Waals surface area (Å²) in [4.78, 5) is 16.1. The first-order valence-electron chi connectivity index (χ1n) is 11.5. The average Bonchev–Trinajstić information content (AvgIpc) is 3.25. The molecule has 2 heterocycles. The molecule has 1 amide bonds. The number of carbonyl (C=O) groups excluding carboxylic acids is 1. The standard InChI is InChI=1S/C28H24FN5O/c1-2-27(35)32-11-13-33(14-12-32)28-25-10-9-23(22-7-4-8-24(29)16-22)17-26(25)31-34(28)19-21-6-3-5-20(15-21)18-30/h2-10,15-17H,1,11-14,19H2. The normalized spacial score (nSPS) is 13.6. The van der Waals surface area contributed by atoms with Crippen molar-refractivity contribution in [1.82, 2.24) is 14.7 Å². The molecule has 0 unspecified atom stereocenters. The molecule has 0 saturated carbocycles. The van der Waals surface area contributed by atoms with E-state index in [9.17, 15) is 14.4 Å². The summed E-state index contributed by atoms with van der Waals surface area (Å²) in [6.07, 6.45) is 1.35. The maximum absolute atomic E-state index is 13.8. The second-order valence-corrected chi connectivity index (χ2v) is 8.55. The summed E-state index contributed by atoms with van der Waals surface area (Å²) in [5.74, 6) is 0.632. The number of anilines is 1. The quantitative estimate of drug-likeness (QED) is 0.404. The van der Waals surface area contributed by atoms with Gasteiger partial charge in [0.2, 0.25) is 5.91 Å². The molecule has 1 saturated heterocycles. The predicted molar refractivity (Wildman–Crippen MR) is 134 cm³/mol. The molecule has 1 aliphatic heterocycles. The number of carbonyl (C=O) groups is 1. The summed E-state index contributed by atoms with van der Waals surface area (Å²) in [7, 11) is 0. The highest BCUT2D eigenvalue weighted by Gasteiger charge is 2.24. The fourth-order valence-electron chi connectivity index (χ4n) is 4.59. The molecular formula is C28H24FN5O. The smallest absolute Gasteiger partial charge is 0.246 e. The number of benzene rings is 3. The maximum atomic E-state index is 13.8. The topological polar surface area (TPSA) is 65.2 Å². The summed E-state index contributed by atoms with van der Waals surface area (Å²) in [6.45, 7) is 6.64. The van der Waals surface area contributed by atoms with Crippen LogP contribution in [0.4, 0.5) is 10.2 Å². The van der Waals surface area contributed by atoms with Gasteiger partial charge in [0.1, 0.15) is 11.6 Å². The maximum Gasteiger partial charge on any atom is 0.246 e. The first kappa shape index (κ1) is 22.4. The minimum absolute atomic E-state index is 0.0592. The number of hydrogen-bond acceptors (Lipinski definition) is 4. The lowest BCUT2D eigenvalue weighted by Crippen LogP contribution is -2.49. The van der Waals surface area contributed by atoms with Crippen molar-refractivity contribution in [1.29, 1.82) is 5.26 Å². The summed E-state index contributed by atoms with van der Waals surface area (Å²) in [5.41, 5.74) is 4.07. The second-order valence-electron chi connectivity index (χ2n) is 8.55. The van der Waals surface area contributed by atoms with E-state index >= 15 is 0 Å². The molecule has 1 aromatic heterocycles. The zero-order chi connectivity index (χ0) is 24.4. The van der Waals surface area contributed by atoms with E-state index in [4.69, 9.17) is 5.10 Å². The molecule has 5 rings (SSSR count). The lowest BCUT2D eigenvalue weighted by atomic mass is 10.0. The van der Waals surface area contributed by atoms with Crippen LogP contribution in [-0.4, -0.2) is 46.8 Å². The number of amides is 1. The van der Waals surface area contributed by atoms with Gasteiger partial charge in [-0.05, 0) is 59.2 Å². The fraction of sp³-hybridized carbons (Fsp3) is 0.179. The number of piperazine rings is 1. The third kappa shape index (κ3) is 4.51. The number of nitriles is 1. The van der Waals surface area contributed by atoms with Gasteiger partial charge in [-0.3, -0.25) is 4.79 Å². The average molecular weight is 466 g/mol. The minimum Gasteiger partial charge on any atom is -0.353 e. The molecule has 0 N–H and O–H groups in total. The molecule has 3 aromatic carbocycles. The third-order valence-electron chi connectivity index (χ3n) is 6.32. The lowest BCUT2D eigenvalue weighted by molar-refractivity contribution is -0.126. The van der Waals surface area contributed by atoms with Gasteiger partial charge < -0.3 is 9.80 Å². The van der Waals surface area contributed by atoms with Crippen LogP contribution in [-0.2, 0) is 11.3 Å². The van der Waals surface area contributed by atoms with Gasteiger partial charge in [-0.2, -0.15) is 10.4 Å². The van der Waals surface area contributed by atoms with Gasteiger partial charge in [0, 0.05) is 31.6 Å².